The van der Waals surface area contributed by atoms with E-state index in [0.717, 1.165) is 12.5 Å². The van der Waals surface area contributed by atoms with Crippen molar-refractivity contribution in [3.8, 4) is 0 Å². The SMILES string of the molecule is CCC(C)C(N)CN1CCCC(C(C)(C)C)CC1. The zero-order chi connectivity index (χ0) is 13.8. The van der Waals surface area contributed by atoms with Crippen LogP contribution in [-0.4, -0.2) is 30.6 Å². The van der Waals surface area contributed by atoms with Crippen molar-refractivity contribution in [3.63, 3.8) is 0 Å². The number of hydrogen-bond donors (Lipinski definition) is 1. The summed E-state index contributed by atoms with van der Waals surface area (Å²) in [5, 5.41) is 0. The quantitative estimate of drug-likeness (QED) is 0.832. The molecule has 0 radical (unpaired) electrons. The van der Waals surface area contributed by atoms with Gasteiger partial charge in [0, 0.05) is 12.6 Å². The summed E-state index contributed by atoms with van der Waals surface area (Å²) >= 11 is 0. The smallest absolute Gasteiger partial charge is 0.0193 e. The van der Waals surface area contributed by atoms with Crippen molar-refractivity contribution in [3.05, 3.63) is 0 Å². The zero-order valence-corrected chi connectivity index (χ0v) is 13.2. The minimum Gasteiger partial charge on any atom is -0.326 e. The molecule has 0 bridgehead atoms. The van der Waals surface area contributed by atoms with Gasteiger partial charge in [0.1, 0.15) is 0 Å². The Bertz CT molecular complexity index is 232. The third-order valence-corrected chi connectivity index (χ3v) is 4.89. The van der Waals surface area contributed by atoms with Gasteiger partial charge < -0.3 is 10.6 Å². The van der Waals surface area contributed by atoms with Crippen molar-refractivity contribution in [1.29, 1.82) is 0 Å². The molecule has 1 fully saturated rings. The Morgan fingerprint density at radius 3 is 2.44 bits per heavy atom. The van der Waals surface area contributed by atoms with E-state index in [9.17, 15) is 0 Å². The number of nitrogens with two attached hydrogens (primary N) is 1. The second kappa shape index (κ2) is 6.91. The van der Waals surface area contributed by atoms with Crippen molar-refractivity contribution in [2.24, 2.45) is 23.0 Å². The van der Waals surface area contributed by atoms with E-state index in [1.807, 2.05) is 0 Å². The molecule has 0 aromatic carbocycles. The lowest BCUT2D eigenvalue weighted by Gasteiger charge is -2.30. The molecule has 2 heteroatoms. The van der Waals surface area contributed by atoms with Crippen molar-refractivity contribution >= 4 is 0 Å². The summed E-state index contributed by atoms with van der Waals surface area (Å²) in [6.45, 7) is 15.3. The van der Waals surface area contributed by atoms with Gasteiger partial charge in [-0.25, -0.2) is 0 Å². The monoisotopic (exact) mass is 254 g/mol. The number of rotatable bonds is 4. The standard InChI is InChI=1S/C16H34N2/c1-6-13(2)15(17)12-18-10-7-8-14(9-11-18)16(3,4)5/h13-15H,6-12,17H2,1-5H3. The Kier molecular flexibility index (Phi) is 6.13. The Morgan fingerprint density at radius 1 is 1.22 bits per heavy atom. The predicted octanol–water partition coefficient (Wildman–Crippen LogP) is 3.51. The number of likely N-dealkylation sites (tertiary alicyclic amines) is 1. The molecule has 18 heavy (non-hydrogen) atoms. The van der Waals surface area contributed by atoms with Crippen LogP contribution in [0.3, 0.4) is 0 Å². The highest BCUT2D eigenvalue weighted by Gasteiger charge is 2.27. The first-order chi connectivity index (χ1) is 8.34. The van der Waals surface area contributed by atoms with Crippen molar-refractivity contribution in [2.75, 3.05) is 19.6 Å². The average molecular weight is 254 g/mol. The molecule has 3 unspecified atom stereocenters. The van der Waals surface area contributed by atoms with Gasteiger partial charge in [0.15, 0.2) is 0 Å². The fourth-order valence-corrected chi connectivity index (χ4v) is 2.99. The van der Waals surface area contributed by atoms with Crippen LogP contribution in [0.1, 0.15) is 60.3 Å². The average Bonchev–Trinajstić information content (AvgIpc) is 2.52. The summed E-state index contributed by atoms with van der Waals surface area (Å²) in [5.41, 5.74) is 6.76. The van der Waals surface area contributed by atoms with E-state index in [-0.39, 0.29) is 0 Å². The van der Waals surface area contributed by atoms with E-state index in [1.165, 1.54) is 38.8 Å². The van der Waals surface area contributed by atoms with Crippen LogP contribution in [0.4, 0.5) is 0 Å². The van der Waals surface area contributed by atoms with Crippen LogP contribution in [0.15, 0.2) is 0 Å². The molecule has 0 amide bonds. The maximum absolute atomic E-state index is 6.29. The van der Waals surface area contributed by atoms with Gasteiger partial charge in [0.05, 0.1) is 0 Å². The summed E-state index contributed by atoms with van der Waals surface area (Å²) in [5.74, 6) is 1.52. The Balaban J connectivity index is 2.42. The van der Waals surface area contributed by atoms with Crippen molar-refractivity contribution in [1.82, 2.24) is 4.90 Å². The van der Waals surface area contributed by atoms with Crippen LogP contribution in [-0.2, 0) is 0 Å². The molecule has 3 atom stereocenters. The van der Waals surface area contributed by atoms with Crippen LogP contribution < -0.4 is 5.73 Å². The minimum atomic E-state index is 0.348. The van der Waals surface area contributed by atoms with E-state index >= 15 is 0 Å². The van der Waals surface area contributed by atoms with Gasteiger partial charge in [-0.2, -0.15) is 0 Å². The molecule has 108 valence electrons. The van der Waals surface area contributed by atoms with Crippen molar-refractivity contribution in [2.45, 2.75) is 66.3 Å². The Hall–Kier alpha value is -0.0800. The lowest BCUT2D eigenvalue weighted by Crippen LogP contribution is -2.41. The summed E-state index contributed by atoms with van der Waals surface area (Å²) in [6, 6.07) is 0.348. The fourth-order valence-electron chi connectivity index (χ4n) is 2.99. The second-order valence-corrected chi connectivity index (χ2v) is 7.34. The zero-order valence-electron chi connectivity index (χ0n) is 13.2. The van der Waals surface area contributed by atoms with Crippen LogP contribution in [0.2, 0.25) is 0 Å². The van der Waals surface area contributed by atoms with Gasteiger partial charge in [-0.1, -0.05) is 41.0 Å². The minimum absolute atomic E-state index is 0.348. The van der Waals surface area contributed by atoms with Crippen molar-refractivity contribution < 1.29 is 0 Å². The first kappa shape index (κ1) is 16.0. The molecule has 1 aliphatic rings. The molecule has 0 saturated carbocycles. The molecule has 0 aromatic heterocycles. The second-order valence-electron chi connectivity index (χ2n) is 7.34. The lowest BCUT2D eigenvalue weighted by atomic mass is 9.77. The van der Waals surface area contributed by atoms with Gasteiger partial charge in [0.2, 0.25) is 0 Å². The largest absolute Gasteiger partial charge is 0.326 e. The van der Waals surface area contributed by atoms with Crippen LogP contribution in [0.25, 0.3) is 0 Å². The summed E-state index contributed by atoms with van der Waals surface area (Å²) in [7, 11) is 0. The molecule has 0 aromatic rings. The molecule has 1 saturated heterocycles. The highest BCUT2D eigenvalue weighted by atomic mass is 15.1. The molecular weight excluding hydrogens is 220 g/mol. The number of hydrogen-bond acceptors (Lipinski definition) is 2. The summed E-state index contributed by atoms with van der Waals surface area (Å²) in [4.78, 5) is 2.60. The molecule has 1 heterocycles. The normalized spacial score (nSPS) is 26.7. The Morgan fingerprint density at radius 2 is 1.89 bits per heavy atom. The topological polar surface area (TPSA) is 29.3 Å². The number of nitrogens with zero attached hydrogens (tertiary/aromatic N) is 1. The predicted molar refractivity (Wildman–Crippen MR) is 80.7 cm³/mol. The first-order valence-electron chi connectivity index (χ1n) is 7.82. The van der Waals surface area contributed by atoms with Gasteiger partial charge in [-0.05, 0) is 49.6 Å². The van der Waals surface area contributed by atoms with E-state index in [2.05, 4.69) is 39.5 Å². The molecular formula is C16H34N2. The highest BCUT2D eigenvalue weighted by molar-refractivity contribution is 4.81. The van der Waals surface area contributed by atoms with Crippen LogP contribution in [0.5, 0.6) is 0 Å². The summed E-state index contributed by atoms with van der Waals surface area (Å²) in [6.07, 6.45) is 5.27. The van der Waals surface area contributed by atoms with Gasteiger partial charge >= 0.3 is 0 Å². The molecule has 0 spiro atoms. The third-order valence-electron chi connectivity index (χ3n) is 4.89. The molecule has 2 N–H and O–H groups in total. The Labute approximate surface area is 114 Å². The molecule has 1 aliphatic heterocycles. The van der Waals surface area contributed by atoms with E-state index in [0.29, 0.717) is 17.4 Å². The summed E-state index contributed by atoms with van der Waals surface area (Å²) < 4.78 is 0. The first-order valence-corrected chi connectivity index (χ1v) is 7.82. The van der Waals surface area contributed by atoms with E-state index < -0.39 is 0 Å². The molecule has 2 nitrogen and oxygen atoms in total. The highest BCUT2D eigenvalue weighted by Crippen LogP contribution is 2.34. The van der Waals surface area contributed by atoms with E-state index in [4.69, 9.17) is 5.73 Å². The molecule has 0 aliphatic carbocycles. The maximum atomic E-state index is 6.29. The fraction of sp³-hybridized carbons (Fsp3) is 1.00. The molecule has 1 rings (SSSR count). The van der Waals surface area contributed by atoms with Gasteiger partial charge in [-0.15, -0.1) is 0 Å². The van der Waals surface area contributed by atoms with Gasteiger partial charge in [0.25, 0.3) is 0 Å². The van der Waals surface area contributed by atoms with Gasteiger partial charge in [-0.3, -0.25) is 0 Å². The van der Waals surface area contributed by atoms with Crippen LogP contribution >= 0.6 is 0 Å². The third kappa shape index (κ3) is 4.89. The van der Waals surface area contributed by atoms with Crippen LogP contribution in [0, 0.1) is 17.3 Å². The maximum Gasteiger partial charge on any atom is 0.0193 e. The van der Waals surface area contributed by atoms with E-state index in [1.54, 1.807) is 0 Å². The lowest BCUT2D eigenvalue weighted by molar-refractivity contribution is 0.200.